The molecule has 0 atom stereocenters. The molecule has 0 aromatic carbocycles. The minimum Gasteiger partial charge on any atom is -0.394 e. The van der Waals surface area contributed by atoms with Gasteiger partial charge in [-0.2, -0.15) is 0 Å². The summed E-state index contributed by atoms with van der Waals surface area (Å²) in [5, 5.41) is 61.0. The van der Waals surface area contributed by atoms with E-state index in [0.29, 0.717) is 6.42 Å². The van der Waals surface area contributed by atoms with E-state index in [1.807, 2.05) is 6.92 Å². The Bertz CT molecular complexity index is 90.9. The monoisotopic (exact) mass is 320 g/mol. The van der Waals surface area contributed by atoms with Gasteiger partial charge in [-0.15, -0.1) is 0 Å². The molecule has 0 fully saturated rings. The Morgan fingerprint density at radius 1 is 0.571 bits per heavy atom. The van der Waals surface area contributed by atoms with Gasteiger partial charge >= 0.3 is 0 Å². The van der Waals surface area contributed by atoms with Gasteiger partial charge in [0.15, 0.2) is 0 Å². The first-order valence-electron chi connectivity index (χ1n) is 6.38. The van der Waals surface area contributed by atoms with Crippen LogP contribution in [0.3, 0.4) is 0 Å². The summed E-state index contributed by atoms with van der Waals surface area (Å²) in [4.78, 5) is 9.40. The van der Waals surface area contributed by atoms with Crippen molar-refractivity contribution in [3.63, 3.8) is 0 Å². The zero-order chi connectivity index (χ0) is 17.8. The summed E-state index contributed by atoms with van der Waals surface area (Å²) in [5.41, 5.74) is 0. The lowest BCUT2D eigenvalue weighted by atomic mass is 10.4. The van der Waals surface area contributed by atoms with Crippen molar-refractivity contribution in [1.29, 1.82) is 0 Å². The van der Waals surface area contributed by atoms with Gasteiger partial charge in [0.05, 0.1) is 52.9 Å². The second kappa shape index (κ2) is 60.8. The molecule has 134 valence electrons. The van der Waals surface area contributed by atoms with E-state index in [1.54, 1.807) is 0 Å². The normalized spacial score (nSPS) is 7.48. The molecule has 0 radical (unpaired) electrons. The molecule has 0 unspecified atom stereocenters. The topological polar surface area (TPSA) is 179 Å². The largest absolute Gasteiger partial charge is 0.394 e. The van der Waals surface area contributed by atoms with Crippen LogP contribution < -0.4 is 0 Å². The number of aliphatic hydroxyl groups excluding tert-OH is 8. The molecular formula is C12H32O9. The van der Waals surface area contributed by atoms with Gasteiger partial charge in [-0.25, -0.2) is 0 Å². The van der Waals surface area contributed by atoms with Crippen LogP contribution in [0.15, 0.2) is 0 Å². The van der Waals surface area contributed by atoms with Gasteiger partial charge in [0.1, 0.15) is 6.29 Å². The maximum absolute atomic E-state index is 9.40. The summed E-state index contributed by atoms with van der Waals surface area (Å²) in [6.07, 6.45) is 2.61. The third-order valence-corrected chi connectivity index (χ3v) is 0.807. The molecule has 0 saturated heterocycles. The van der Waals surface area contributed by atoms with Crippen molar-refractivity contribution in [3.8, 4) is 0 Å². The summed E-state index contributed by atoms with van der Waals surface area (Å²) in [7, 11) is 0. The highest BCUT2D eigenvalue weighted by atomic mass is 16.3. The number of unbranched alkanes of at least 4 members (excludes halogenated alkanes) is 1. The first-order chi connectivity index (χ1) is 10.1. The summed E-state index contributed by atoms with van der Waals surface area (Å²) in [6, 6.07) is 0. The van der Waals surface area contributed by atoms with Crippen molar-refractivity contribution in [2.75, 3.05) is 52.9 Å². The van der Waals surface area contributed by atoms with E-state index in [0.717, 1.165) is 12.7 Å². The molecule has 0 saturated carbocycles. The first-order valence-corrected chi connectivity index (χ1v) is 6.38. The number of carbonyl (C=O) groups excluding carboxylic acids is 1. The summed E-state index contributed by atoms with van der Waals surface area (Å²) < 4.78 is 0. The Labute approximate surface area is 125 Å². The lowest BCUT2D eigenvalue weighted by Crippen LogP contribution is -1.85. The average molecular weight is 320 g/mol. The number of hydrogen-bond acceptors (Lipinski definition) is 9. The lowest BCUT2D eigenvalue weighted by molar-refractivity contribution is -0.107. The van der Waals surface area contributed by atoms with Crippen molar-refractivity contribution in [3.05, 3.63) is 0 Å². The first kappa shape index (κ1) is 32.3. The quantitative estimate of drug-likeness (QED) is 0.235. The fraction of sp³-hybridized carbons (Fsp3) is 0.917. The highest BCUT2D eigenvalue weighted by Crippen LogP contribution is 1.74. The molecule has 0 rings (SSSR count). The molecule has 0 aromatic heterocycles. The second-order valence-corrected chi connectivity index (χ2v) is 2.74. The molecule has 0 aliphatic carbocycles. The van der Waals surface area contributed by atoms with Crippen LogP contribution in [0.25, 0.3) is 0 Å². The molecule has 0 aromatic rings. The highest BCUT2D eigenvalue weighted by Gasteiger charge is 1.66. The van der Waals surface area contributed by atoms with Gasteiger partial charge in [-0.1, -0.05) is 6.92 Å². The fourth-order valence-corrected chi connectivity index (χ4v) is 0.118. The Hall–Kier alpha value is -0.650. The van der Waals surface area contributed by atoms with Crippen LogP contribution >= 0.6 is 0 Å². The van der Waals surface area contributed by atoms with Crippen molar-refractivity contribution in [2.24, 2.45) is 0 Å². The van der Waals surface area contributed by atoms with Gasteiger partial charge < -0.3 is 45.6 Å². The van der Waals surface area contributed by atoms with E-state index in [4.69, 9.17) is 40.9 Å². The van der Waals surface area contributed by atoms with Crippen LogP contribution in [-0.2, 0) is 4.79 Å². The Balaban J connectivity index is -0.0000000510. The van der Waals surface area contributed by atoms with Crippen LogP contribution in [0, 0.1) is 0 Å². The highest BCUT2D eigenvalue weighted by molar-refractivity contribution is 5.48. The van der Waals surface area contributed by atoms with E-state index in [9.17, 15) is 4.79 Å². The van der Waals surface area contributed by atoms with Gasteiger partial charge in [-0.05, 0) is 6.42 Å². The fourth-order valence-electron chi connectivity index (χ4n) is 0.118. The zero-order valence-corrected chi connectivity index (χ0v) is 12.6. The molecule has 0 aliphatic rings. The van der Waals surface area contributed by atoms with E-state index in [1.165, 1.54) is 0 Å². The SMILES string of the molecule is CCCC=O.OCCO.OCCO.OCCO.OCCO. The molecule has 8 N–H and O–H groups in total. The van der Waals surface area contributed by atoms with Crippen LogP contribution in [0.1, 0.15) is 19.8 Å². The molecular weight excluding hydrogens is 288 g/mol. The van der Waals surface area contributed by atoms with Crippen LogP contribution in [-0.4, -0.2) is 100.0 Å². The molecule has 0 spiro atoms. The van der Waals surface area contributed by atoms with Gasteiger partial charge in [0, 0.05) is 6.42 Å². The van der Waals surface area contributed by atoms with Crippen molar-refractivity contribution in [1.82, 2.24) is 0 Å². The average Bonchev–Trinajstić information content (AvgIpc) is 2.56. The van der Waals surface area contributed by atoms with E-state index >= 15 is 0 Å². The number of aliphatic hydroxyl groups is 8. The molecule has 0 amide bonds. The van der Waals surface area contributed by atoms with Crippen LogP contribution in [0.4, 0.5) is 0 Å². The minimum atomic E-state index is -0.125. The van der Waals surface area contributed by atoms with Crippen LogP contribution in [0.2, 0.25) is 0 Å². The van der Waals surface area contributed by atoms with Crippen LogP contribution in [0.5, 0.6) is 0 Å². The molecule has 9 heteroatoms. The summed E-state index contributed by atoms with van der Waals surface area (Å²) in [5.74, 6) is 0. The number of carbonyl (C=O) groups is 1. The Morgan fingerprint density at radius 2 is 0.762 bits per heavy atom. The summed E-state index contributed by atoms with van der Waals surface area (Å²) in [6.45, 7) is 0.981. The predicted molar refractivity (Wildman–Crippen MR) is 77.7 cm³/mol. The van der Waals surface area contributed by atoms with Gasteiger partial charge in [0.25, 0.3) is 0 Å². The Kier molecular flexibility index (Phi) is 93.7. The maximum atomic E-state index is 9.40. The van der Waals surface area contributed by atoms with E-state index < -0.39 is 0 Å². The number of hydrogen-bond donors (Lipinski definition) is 8. The predicted octanol–water partition coefficient (Wildman–Crippen LogP) is -3.13. The molecule has 21 heavy (non-hydrogen) atoms. The number of aldehydes is 1. The van der Waals surface area contributed by atoms with Gasteiger partial charge in [0.2, 0.25) is 0 Å². The standard InChI is InChI=1S/C4H8O.4C2H6O2/c1-2-3-4-5;4*3-1-2-4/h4H,2-3H2,1H3;4*3-4H,1-2H2. The van der Waals surface area contributed by atoms with Crippen molar-refractivity contribution < 1.29 is 45.6 Å². The zero-order valence-electron chi connectivity index (χ0n) is 12.6. The van der Waals surface area contributed by atoms with E-state index in [-0.39, 0.29) is 52.9 Å². The molecule has 0 bridgehead atoms. The van der Waals surface area contributed by atoms with Gasteiger partial charge in [-0.3, -0.25) is 0 Å². The second-order valence-electron chi connectivity index (χ2n) is 2.74. The Morgan fingerprint density at radius 3 is 0.762 bits per heavy atom. The third kappa shape index (κ3) is 204. The smallest absolute Gasteiger partial charge is 0.119 e. The van der Waals surface area contributed by atoms with Crippen molar-refractivity contribution in [2.45, 2.75) is 19.8 Å². The van der Waals surface area contributed by atoms with Crippen molar-refractivity contribution >= 4 is 6.29 Å². The molecule has 0 heterocycles. The molecule has 9 nitrogen and oxygen atoms in total. The molecule has 0 aliphatic heterocycles. The lowest BCUT2D eigenvalue weighted by Gasteiger charge is -1.70. The number of rotatable bonds is 6. The summed E-state index contributed by atoms with van der Waals surface area (Å²) >= 11 is 0. The minimum absolute atomic E-state index is 0.125. The maximum Gasteiger partial charge on any atom is 0.119 e. The van der Waals surface area contributed by atoms with E-state index in [2.05, 4.69) is 0 Å². The third-order valence-electron chi connectivity index (χ3n) is 0.807.